The quantitative estimate of drug-likeness (QED) is 0.384. The van der Waals surface area contributed by atoms with Crippen molar-refractivity contribution >= 4 is 34.1 Å². The molecule has 0 saturated carbocycles. The average molecular weight is 258 g/mol. The van der Waals surface area contributed by atoms with Crippen LogP contribution in [0.4, 0.5) is 11.4 Å². The van der Waals surface area contributed by atoms with Gasteiger partial charge >= 0.3 is 5.97 Å². The third-order valence-electron chi connectivity index (χ3n) is 1.73. The number of ether oxygens (including phenoxy) is 1. The zero-order chi connectivity index (χ0) is 12.8. The predicted octanol–water partition coefficient (Wildman–Crippen LogP) is 1.73. The lowest BCUT2D eigenvalue weighted by atomic mass is 10.3. The molecule has 1 aromatic rings. The first-order chi connectivity index (χ1) is 8.06. The van der Waals surface area contributed by atoms with Gasteiger partial charge in [-0.05, 0) is 6.07 Å². The number of hydrazone groups is 1. The Morgan fingerprint density at radius 1 is 1.53 bits per heavy atom. The van der Waals surface area contributed by atoms with Gasteiger partial charge in [0.25, 0.3) is 5.69 Å². The maximum atomic E-state index is 10.9. The first-order valence-electron chi connectivity index (χ1n) is 4.37. The predicted molar refractivity (Wildman–Crippen MR) is 62.0 cm³/mol. The normalized spacial score (nSPS) is 10.8. The summed E-state index contributed by atoms with van der Waals surface area (Å²) in [7, 11) is 1.14. The number of esters is 1. The molecular formula is C9H8ClN3O4. The van der Waals surface area contributed by atoms with Crippen molar-refractivity contribution in [2.45, 2.75) is 0 Å². The zero-order valence-electron chi connectivity index (χ0n) is 8.71. The molecule has 0 saturated heterocycles. The molecule has 0 bridgehead atoms. The summed E-state index contributed by atoms with van der Waals surface area (Å²) in [6, 6.07) is 5.82. The maximum Gasteiger partial charge on any atom is 0.370 e. The minimum absolute atomic E-state index is 0.125. The number of nitro groups is 1. The van der Waals surface area contributed by atoms with Gasteiger partial charge in [-0.25, -0.2) is 4.79 Å². The van der Waals surface area contributed by atoms with Crippen LogP contribution in [0.5, 0.6) is 0 Å². The van der Waals surface area contributed by atoms with Crippen LogP contribution in [0.1, 0.15) is 0 Å². The number of carbonyl (C=O) groups excluding carboxylic acids is 1. The molecule has 0 heterocycles. The second-order valence-corrected chi connectivity index (χ2v) is 3.14. The number of nitrogens with one attached hydrogen (secondary N) is 1. The number of nitro benzene ring substituents is 1. The Morgan fingerprint density at radius 2 is 2.18 bits per heavy atom. The molecule has 0 aliphatic rings. The molecule has 1 rings (SSSR count). The molecule has 0 aliphatic heterocycles. The third-order valence-corrected chi connectivity index (χ3v) is 1.97. The molecule has 17 heavy (non-hydrogen) atoms. The van der Waals surface area contributed by atoms with E-state index in [0.29, 0.717) is 0 Å². The largest absolute Gasteiger partial charge is 0.464 e. The molecule has 0 atom stereocenters. The highest BCUT2D eigenvalue weighted by atomic mass is 35.5. The van der Waals surface area contributed by atoms with Crippen LogP contribution in [-0.2, 0) is 9.53 Å². The summed E-state index contributed by atoms with van der Waals surface area (Å²) in [5.41, 5.74) is 2.27. The van der Waals surface area contributed by atoms with Gasteiger partial charge in [-0.15, -0.1) is 0 Å². The number of hydrogen-bond donors (Lipinski definition) is 1. The van der Waals surface area contributed by atoms with Gasteiger partial charge in [-0.2, -0.15) is 5.10 Å². The summed E-state index contributed by atoms with van der Waals surface area (Å²) in [5.74, 6) is -0.835. The summed E-state index contributed by atoms with van der Waals surface area (Å²) < 4.78 is 4.30. The number of anilines is 1. The second-order valence-electron chi connectivity index (χ2n) is 2.78. The number of carbonyl (C=O) groups is 1. The molecular weight excluding hydrogens is 250 g/mol. The third kappa shape index (κ3) is 3.42. The Balaban J connectivity index is 2.89. The van der Waals surface area contributed by atoms with Crippen LogP contribution in [0.3, 0.4) is 0 Å². The number of halogens is 1. The van der Waals surface area contributed by atoms with Crippen LogP contribution < -0.4 is 5.43 Å². The van der Waals surface area contributed by atoms with Crippen LogP contribution in [0, 0.1) is 10.1 Å². The van der Waals surface area contributed by atoms with E-state index in [-0.39, 0.29) is 11.4 Å². The minimum atomic E-state index is -0.835. The Bertz CT molecular complexity index is 475. The number of methoxy groups -OCH3 is 1. The van der Waals surface area contributed by atoms with Crippen molar-refractivity contribution in [2.24, 2.45) is 5.10 Å². The van der Waals surface area contributed by atoms with Crippen molar-refractivity contribution in [3.05, 3.63) is 34.4 Å². The molecule has 8 heteroatoms. The second kappa shape index (κ2) is 5.80. The number of nitrogens with zero attached hydrogens (tertiary/aromatic N) is 2. The van der Waals surface area contributed by atoms with E-state index in [1.54, 1.807) is 6.07 Å². The Kier molecular flexibility index (Phi) is 4.41. The van der Waals surface area contributed by atoms with Crippen molar-refractivity contribution < 1.29 is 14.5 Å². The first-order valence-corrected chi connectivity index (χ1v) is 4.75. The van der Waals surface area contributed by atoms with Crippen LogP contribution >= 0.6 is 11.6 Å². The lowest BCUT2D eigenvalue weighted by Crippen LogP contribution is -2.11. The number of hydrogen-bond acceptors (Lipinski definition) is 6. The SMILES string of the molecule is COC(=O)/C(Cl)=N\Nc1ccccc1[N+](=O)[O-]. The van der Waals surface area contributed by atoms with Crippen LogP contribution in [0.15, 0.2) is 29.4 Å². The lowest BCUT2D eigenvalue weighted by Gasteiger charge is -2.01. The van der Waals surface area contributed by atoms with Crippen LogP contribution in [0.2, 0.25) is 0 Å². The molecule has 7 nitrogen and oxygen atoms in total. The molecule has 0 aliphatic carbocycles. The van der Waals surface area contributed by atoms with Gasteiger partial charge in [-0.1, -0.05) is 23.7 Å². The fourth-order valence-electron chi connectivity index (χ4n) is 0.967. The Labute approximate surface area is 101 Å². The van der Waals surface area contributed by atoms with Gasteiger partial charge in [0.05, 0.1) is 12.0 Å². The fourth-order valence-corrected chi connectivity index (χ4v) is 1.09. The van der Waals surface area contributed by atoms with Crippen molar-refractivity contribution in [3.63, 3.8) is 0 Å². The summed E-state index contributed by atoms with van der Waals surface area (Å²) >= 11 is 5.46. The van der Waals surface area contributed by atoms with Gasteiger partial charge in [0.1, 0.15) is 5.69 Å². The monoisotopic (exact) mass is 257 g/mol. The standard InChI is InChI=1S/C9H8ClN3O4/c1-17-9(14)8(10)12-11-6-4-2-3-5-7(6)13(15)16/h2-5,11H,1H3/b12-8+. The Hall–Kier alpha value is -2.15. The summed E-state index contributed by atoms with van der Waals surface area (Å²) in [4.78, 5) is 21.0. The first kappa shape index (κ1) is 12.9. The molecule has 90 valence electrons. The lowest BCUT2D eigenvalue weighted by molar-refractivity contribution is -0.384. The van der Waals surface area contributed by atoms with E-state index < -0.39 is 16.1 Å². The summed E-state index contributed by atoms with van der Waals surface area (Å²) in [6.45, 7) is 0. The Morgan fingerprint density at radius 3 is 2.76 bits per heavy atom. The highest BCUT2D eigenvalue weighted by molar-refractivity contribution is 6.82. The van der Waals surface area contributed by atoms with E-state index in [0.717, 1.165) is 7.11 Å². The van der Waals surface area contributed by atoms with Crippen molar-refractivity contribution in [1.29, 1.82) is 0 Å². The molecule has 0 fully saturated rings. The number of para-hydroxylation sites is 2. The molecule has 0 spiro atoms. The van der Waals surface area contributed by atoms with E-state index in [1.165, 1.54) is 18.2 Å². The highest BCUT2D eigenvalue weighted by Crippen LogP contribution is 2.23. The highest BCUT2D eigenvalue weighted by Gasteiger charge is 2.13. The zero-order valence-corrected chi connectivity index (χ0v) is 9.47. The van der Waals surface area contributed by atoms with E-state index in [4.69, 9.17) is 11.6 Å². The van der Waals surface area contributed by atoms with E-state index >= 15 is 0 Å². The smallest absolute Gasteiger partial charge is 0.370 e. The van der Waals surface area contributed by atoms with Crippen LogP contribution in [-0.4, -0.2) is 23.2 Å². The van der Waals surface area contributed by atoms with Crippen molar-refractivity contribution in [3.8, 4) is 0 Å². The molecule has 1 N–H and O–H groups in total. The molecule has 0 amide bonds. The topological polar surface area (TPSA) is 93.8 Å². The number of rotatable bonds is 4. The molecule has 0 unspecified atom stereocenters. The molecule has 0 aromatic heterocycles. The molecule has 0 radical (unpaired) electrons. The van der Waals surface area contributed by atoms with Gasteiger partial charge < -0.3 is 4.74 Å². The van der Waals surface area contributed by atoms with Crippen molar-refractivity contribution in [1.82, 2.24) is 0 Å². The van der Waals surface area contributed by atoms with Gasteiger partial charge in [0, 0.05) is 6.07 Å². The minimum Gasteiger partial charge on any atom is -0.464 e. The van der Waals surface area contributed by atoms with Gasteiger partial charge in [0.2, 0.25) is 5.17 Å². The fraction of sp³-hybridized carbons (Fsp3) is 0.111. The van der Waals surface area contributed by atoms with Gasteiger partial charge in [0.15, 0.2) is 0 Å². The van der Waals surface area contributed by atoms with Crippen LogP contribution in [0.25, 0.3) is 0 Å². The van der Waals surface area contributed by atoms with E-state index in [9.17, 15) is 14.9 Å². The van der Waals surface area contributed by atoms with Crippen molar-refractivity contribution in [2.75, 3.05) is 12.5 Å². The van der Waals surface area contributed by atoms with Gasteiger partial charge in [-0.3, -0.25) is 15.5 Å². The van der Waals surface area contributed by atoms with E-state index in [2.05, 4.69) is 15.3 Å². The maximum absolute atomic E-state index is 10.9. The average Bonchev–Trinajstić information content (AvgIpc) is 2.35. The number of benzene rings is 1. The summed E-state index contributed by atoms with van der Waals surface area (Å²) in [6.07, 6.45) is 0. The summed E-state index contributed by atoms with van der Waals surface area (Å²) in [5, 5.41) is 13.7. The van der Waals surface area contributed by atoms with E-state index in [1.807, 2.05) is 0 Å². The molecule has 1 aromatic carbocycles.